The standard InChI is InChI=1S/C14H15F3N2O2/c1-13(2,3)21-8-12(20)19-11-5-4-9(7-18)6-10(11)14(15,16)17/h4-6H,8H2,1-3H3,(H,19,20). The van der Waals surface area contributed by atoms with Gasteiger partial charge in [-0.3, -0.25) is 4.79 Å². The average molecular weight is 300 g/mol. The molecule has 1 N–H and O–H groups in total. The number of benzene rings is 1. The summed E-state index contributed by atoms with van der Waals surface area (Å²) < 4.78 is 43.9. The second-order valence-electron chi connectivity index (χ2n) is 5.32. The summed E-state index contributed by atoms with van der Waals surface area (Å²) in [5, 5.41) is 10.8. The topological polar surface area (TPSA) is 62.1 Å². The highest BCUT2D eigenvalue weighted by atomic mass is 19.4. The molecule has 0 spiro atoms. The van der Waals surface area contributed by atoms with Gasteiger partial charge in [0.25, 0.3) is 0 Å². The molecule has 7 heteroatoms. The van der Waals surface area contributed by atoms with Gasteiger partial charge in [-0.05, 0) is 39.0 Å². The Kier molecular flexibility index (Phi) is 4.97. The van der Waals surface area contributed by atoms with E-state index in [1.54, 1.807) is 26.8 Å². The Morgan fingerprint density at radius 2 is 1.95 bits per heavy atom. The molecule has 21 heavy (non-hydrogen) atoms. The molecule has 1 aromatic carbocycles. The van der Waals surface area contributed by atoms with Crippen molar-refractivity contribution in [2.24, 2.45) is 0 Å². The van der Waals surface area contributed by atoms with Crippen molar-refractivity contribution in [2.75, 3.05) is 11.9 Å². The highest BCUT2D eigenvalue weighted by molar-refractivity contribution is 5.92. The van der Waals surface area contributed by atoms with Crippen LogP contribution in [0.4, 0.5) is 18.9 Å². The molecular weight excluding hydrogens is 285 g/mol. The summed E-state index contributed by atoms with van der Waals surface area (Å²) in [5.74, 6) is -0.694. The Morgan fingerprint density at radius 3 is 2.43 bits per heavy atom. The first-order valence-corrected chi connectivity index (χ1v) is 6.08. The zero-order chi connectivity index (χ0) is 16.3. The van der Waals surface area contributed by atoms with Gasteiger partial charge in [0, 0.05) is 0 Å². The second-order valence-corrected chi connectivity index (χ2v) is 5.32. The first-order valence-electron chi connectivity index (χ1n) is 6.08. The largest absolute Gasteiger partial charge is 0.418 e. The third kappa shape index (κ3) is 5.44. The summed E-state index contributed by atoms with van der Waals surface area (Å²) >= 11 is 0. The van der Waals surface area contributed by atoms with E-state index in [-0.39, 0.29) is 12.2 Å². The minimum absolute atomic E-state index is 0.133. The lowest BCUT2D eigenvalue weighted by atomic mass is 10.1. The van der Waals surface area contributed by atoms with E-state index >= 15 is 0 Å². The van der Waals surface area contributed by atoms with E-state index in [2.05, 4.69) is 5.32 Å². The highest BCUT2D eigenvalue weighted by Gasteiger charge is 2.34. The molecule has 0 bridgehead atoms. The van der Waals surface area contributed by atoms with E-state index in [9.17, 15) is 18.0 Å². The molecule has 0 aromatic heterocycles. The van der Waals surface area contributed by atoms with Crippen LogP contribution in [0, 0.1) is 11.3 Å². The van der Waals surface area contributed by atoms with Crippen LogP contribution in [0.5, 0.6) is 0 Å². The summed E-state index contributed by atoms with van der Waals surface area (Å²) in [7, 11) is 0. The van der Waals surface area contributed by atoms with E-state index in [1.807, 2.05) is 0 Å². The van der Waals surface area contributed by atoms with Gasteiger partial charge in [0.15, 0.2) is 0 Å². The molecule has 1 aromatic rings. The molecule has 114 valence electrons. The maximum Gasteiger partial charge on any atom is 0.418 e. The Labute approximate surface area is 120 Å². The number of halogens is 3. The number of anilines is 1. The van der Waals surface area contributed by atoms with Crippen LogP contribution >= 0.6 is 0 Å². The maximum absolute atomic E-state index is 12.9. The zero-order valence-corrected chi connectivity index (χ0v) is 11.8. The van der Waals surface area contributed by atoms with E-state index in [4.69, 9.17) is 10.00 Å². The molecule has 0 saturated heterocycles. The van der Waals surface area contributed by atoms with Crippen molar-refractivity contribution in [2.45, 2.75) is 32.5 Å². The van der Waals surface area contributed by atoms with E-state index < -0.39 is 28.9 Å². The molecule has 0 unspecified atom stereocenters. The predicted octanol–water partition coefficient (Wildman–Crippen LogP) is 3.33. The lowest BCUT2D eigenvalue weighted by Crippen LogP contribution is -2.27. The Morgan fingerprint density at radius 1 is 1.33 bits per heavy atom. The van der Waals surface area contributed by atoms with Crippen molar-refractivity contribution in [1.29, 1.82) is 5.26 Å². The minimum Gasteiger partial charge on any atom is -0.366 e. The predicted molar refractivity (Wildman–Crippen MR) is 70.5 cm³/mol. The lowest BCUT2D eigenvalue weighted by molar-refractivity contribution is -0.137. The van der Waals surface area contributed by atoms with E-state index in [0.29, 0.717) is 6.07 Å². The van der Waals surface area contributed by atoms with Crippen molar-refractivity contribution < 1.29 is 22.7 Å². The molecule has 0 aliphatic heterocycles. The number of nitrogens with zero attached hydrogens (tertiary/aromatic N) is 1. The lowest BCUT2D eigenvalue weighted by Gasteiger charge is -2.19. The van der Waals surface area contributed by atoms with Crippen molar-refractivity contribution in [3.8, 4) is 6.07 Å². The van der Waals surface area contributed by atoms with Crippen LogP contribution in [-0.4, -0.2) is 18.1 Å². The summed E-state index contributed by atoms with van der Waals surface area (Å²) in [6, 6.07) is 4.58. The molecule has 0 atom stereocenters. The van der Waals surface area contributed by atoms with Gasteiger partial charge in [-0.15, -0.1) is 0 Å². The fraction of sp³-hybridized carbons (Fsp3) is 0.429. The van der Waals surface area contributed by atoms with E-state index in [0.717, 1.165) is 6.07 Å². The summed E-state index contributed by atoms with van der Waals surface area (Å²) in [6.45, 7) is 4.82. The summed E-state index contributed by atoms with van der Waals surface area (Å²) in [5.41, 5.74) is -2.17. The molecule has 0 radical (unpaired) electrons. The molecule has 1 rings (SSSR count). The Bertz CT molecular complexity index is 569. The molecule has 0 saturated carbocycles. The molecular formula is C14H15F3N2O2. The van der Waals surface area contributed by atoms with Crippen LogP contribution in [0.1, 0.15) is 31.9 Å². The number of ether oxygens (including phenoxy) is 1. The number of rotatable bonds is 3. The van der Waals surface area contributed by atoms with Crippen LogP contribution in [-0.2, 0) is 15.7 Å². The fourth-order valence-corrected chi connectivity index (χ4v) is 1.43. The van der Waals surface area contributed by atoms with Crippen molar-refractivity contribution in [3.05, 3.63) is 29.3 Å². The van der Waals surface area contributed by atoms with Gasteiger partial charge in [-0.2, -0.15) is 18.4 Å². The monoisotopic (exact) mass is 300 g/mol. The first-order chi connectivity index (χ1) is 9.53. The van der Waals surface area contributed by atoms with Crippen LogP contribution in [0.3, 0.4) is 0 Å². The van der Waals surface area contributed by atoms with E-state index in [1.165, 1.54) is 6.07 Å². The van der Waals surface area contributed by atoms with Gasteiger partial charge in [-0.25, -0.2) is 0 Å². The van der Waals surface area contributed by atoms with Crippen LogP contribution in [0.15, 0.2) is 18.2 Å². The average Bonchev–Trinajstić information content (AvgIpc) is 2.35. The van der Waals surface area contributed by atoms with Crippen LogP contribution in [0.25, 0.3) is 0 Å². The third-order valence-electron chi connectivity index (χ3n) is 2.36. The molecule has 0 aliphatic rings. The van der Waals surface area contributed by atoms with Crippen molar-refractivity contribution in [1.82, 2.24) is 0 Å². The number of alkyl halides is 3. The van der Waals surface area contributed by atoms with Crippen molar-refractivity contribution in [3.63, 3.8) is 0 Å². The fourth-order valence-electron chi connectivity index (χ4n) is 1.43. The van der Waals surface area contributed by atoms with Gasteiger partial charge < -0.3 is 10.1 Å². The first kappa shape index (κ1) is 17.0. The molecule has 0 fully saturated rings. The van der Waals surface area contributed by atoms with Crippen molar-refractivity contribution >= 4 is 11.6 Å². The summed E-state index contributed by atoms with van der Waals surface area (Å²) in [6.07, 6.45) is -4.67. The van der Waals surface area contributed by atoms with Gasteiger partial charge in [0.1, 0.15) is 6.61 Å². The quantitative estimate of drug-likeness (QED) is 0.931. The highest BCUT2D eigenvalue weighted by Crippen LogP contribution is 2.35. The maximum atomic E-state index is 12.9. The number of carbonyl (C=O) groups is 1. The SMILES string of the molecule is CC(C)(C)OCC(=O)Nc1ccc(C#N)cc1C(F)(F)F. The minimum atomic E-state index is -4.67. The smallest absolute Gasteiger partial charge is 0.366 e. The van der Waals surface area contributed by atoms with Gasteiger partial charge in [-0.1, -0.05) is 0 Å². The summed E-state index contributed by atoms with van der Waals surface area (Å²) in [4.78, 5) is 11.6. The molecule has 4 nitrogen and oxygen atoms in total. The number of hydrogen-bond donors (Lipinski definition) is 1. The third-order valence-corrected chi connectivity index (χ3v) is 2.36. The molecule has 1 amide bonds. The van der Waals surface area contributed by atoms with Crippen LogP contribution in [0.2, 0.25) is 0 Å². The van der Waals surface area contributed by atoms with Crippen LogP contribution < -0.4 is 5.32 Å². The zero-order valence-electron chi connectivity index (χ0n) is 11.8. The Balaban J connectivity index is 2.93. The Hall–Kier alpha value is -2.07. The number of nitriles is 1. The molecule has 0 aliphatic carbocycles. The van der Waals surface area contributed by atoms with Gasteiger partial charge in [0.05, 0.1) is 28.5 Å². The number of carbonyl (C=O) groups excluding carboxylic acids is 1. The van der Waals surface area contributed by atoms with Gasteiger partial charge >= 0.3 is 6.18 Å². The normalized spacial score (nSPS) is 11.9. The second kappa shape index (κ2) is 6.14. The number of amides is 1. The number of hydrogen-bond acceptors (Lipinski definition) is 3. The van der Waals surface area contributed by atoms with Gasteiger partial charge in [0.2, 0.25) is 5.91 Å². The molecule has 0 heterocycles. The number of nitrogens with one attached hydrogen (secondary N) is 1.